The standard InChI is InChI=1S/C17H28N2O/c1-3-12-20-17-9-7-15(8-10-17)13-18-14-16-6-5-11-19(16)4-2/h7-10,16,18H,3-6,11-14H2,1-2H3/t16-/m0/s1. The van der Waals surface area contributed by atoms with Gasteiger partial charge < -0.3 is 10.1 Å². The van der Waals surface area contributed by atoms with Gasteiger partial charge in [0.2, 0.25) is 0 Å². The van der Waals surface area contributed by atoms with Gasteiger partial charge in [-0.1, -0.05) is 26.0 Å². The molecule has 1 atom stereocenters. The molecule has 1 heterocycles. The van der Waals surface area contributed by atoms with Gasteiger partial charge in [-0.15, -0.1) is 0 Å². The molecule has 2 rings (SSSR count). The van der Waals surface area contributed by atoms with Gasteiger partial charge in [0.25, 0.3) is 0 Å². The maximum Gasteiger partial charge on any atom is 0.119 e. The molecule has 112 valence electrons. The molecule has 0 amide bonds. The van der Waals surface area contributed by atoms with Gasteiger partial charge in [-0.3, -0.25) is 4.90 Å². The highest BCUT2D eigenvalue weighted by Gasteiger charge is 2.21. The molecule has 1 aliphatic heterocycles. The quantitative estimate of drug-likeness (QED) is 0.790. The summed E-state index contributed by atoms with van der Waals surface area (Å²) in [7, 11) is 0. The molecule has 20 heavy (non-hydrogen) atoms. The average Bonchev–Trinajstić information content (AvgIpc) is 2.94. The molecule has 1 fully saturated rings. The molecule has 3 nitrogen and oxygen atoms in total. The largest absolute Gasteiger partial charge is 0.494 e. The zero-order chi connectivity index (χ0) is 14.2. The van der Waals surface area contributed by atoms with Crippen molar-refractivity contribution in [3.63, 3.8) is 0 Å². The van der Waals surface area contributed by atoms with Gasteiger partial charge in [-0.05, 0) is 50.0 Å². The van der Waals surface area contributed by atoms with Crippen LogP contribution in [0.2, 0.25) is 0 Å². The lowest BCUT2D eigenvalue weighted by atomic mass is 10.2. The number of hydrogen-bond acceptors (Lipinski definition) is 3. The molecule has 1 N–H and O–H groups in total. The van der Waals surface area contributed by atoms with Gasteiger partial charge in [-0.2, -0.15) is 0 Å². The van der Waals surface area contributed by atoms with Crippen LogP contribution in [0.3, 0.4) is 0 Å². The van der Waals surface area contributed by atoms with E-state index in [1.165, 1.54) is 31.5 Å². The van der Waals surface area contributed by atoms with Gasteiger partial charge in [0.05, 0.1) is 6.61 Å². The maximum absolute atomic E-state index is 5.60. The molecule has 1 aromatic carbocycles. The molecule has 1 aliphatic rings. The summed E-state index contributed by atoms with van der Waals surface area (Å²) in [6.45, 7) is 9.67. The fourth-order valence-electron chi connectivity index (χ4n) is 2.85. The van der Waals surface area contributed by atoms with Crippen LogP contribution in [0, 0.1) is 0 Å². The lowest BCUT2D eigenvalue weighted by Gasteiger charge is -2.23. The summed E-state index contributed by atoms with van der Waals surface area (Å²) in [5.74, 6) is 0.976. The van der Waals surface area contributed by atoms with Crippen molar-refractivity contribution in [3.05, 3.63) is 29.8 Å². The summed E-state index contributed by atoms with van der Waals surface area (Å²) >= 11 is 0. The number of likely N-dealkylation sites (tertiary alicyclic amines) is 1. The number of rotatable bonds is 8. The first kappa shape index (κ1) is 15.3. The summed E-state index contributed by atoms with van der Waals surface area (Å²) in [5.41, 5.74) is 1.33. The summed E-state index contributed by atoms with van der Waals surface area (Å²) in [4.78, 5) is 2.58. The molecule has 0 bridgehead atoms. The van der Waals surface area contributed by atoms with Crippen LogP contribution < -0.4 is 10.1 Å². The second-order valence-corrected chi connectivity index (χ2v) is 5.55. The smallest absolute Gasteiger partial charge is 0.119 e. The Labute approximate surface area is 123 Å². The van der Waals surface area contributed by atoms with Crippen LogP contribution in [0.15, 0.2) is 24.3 Å². The number of nitrogens with zero attached hydrogens (tertiary/aromatic N) is 1. The predicted octanol–water partition coefficient (Wildman–Crippen LogP) is 3.05. The van der Waals surface area contributed by atoms with E-state index in [1.54, 1.807) is 0 Å². The van der Waals surface area contributed by atoms with Gasteiger partial charge >= 0.3 is 0 Å². The van der Waals surface area contributed by atoms with Crippen LogP contribution >= 0.6 is 0 Å². The highest BCUT2D eigenvalue weighted by atomic mass is 16.5. The average molecular weight is 276 g/mol. The minimum absolute atomic E-state index is 0.729. The van der Waals surface area contributed by atoms with E-state index in [0.29, 0.717) is 0 Å². The number of hydrogen-bond donors (Lipinski definition) is 1. The van der Waals surface area contributed by atoms with Gasteiger partial charge in [0.1, 0.15) is 5.75 Å². The molecule has 0 aromatic heterocycles. The van der Waals surface area contributed by atoms with Crippen molar-refractivity contribution < 1.29 is 4.74 Å². The Bertz CT molecular complexity index is 377. The SMILES string of the molecule is CCCOc1ccc(CNC[C@@H]2CCCN2CC)cc1. The van der Waals surface area contributed by atoms with Crippen molar-refractivity contribution in [2.24, 2.45) is 0 Å². The predicted molar refractivity (Wildman–Crippen MR) is 84.2 cm³/mol. The Hall–Kier alpha value is -1.06. The fourth-order valence-corrected chi connectivity index (χ4v) is 2.85. The fraction of sp³-hybridized carbons (Fsp3) is 0.647. The van der Waals surface area contributed by atoms with E-state index >= 15 is 0 Å². The van der Waals surface area contributed by atoms with Gasteiger partial charge in [-0.25, -0.2) is 0 Å². The van der Waals surface area contributed by atoms with Crippen molar-refractivity contribution in [2.45, 2.75) is 45.7 Å². The third kappa shape index (κ3) is 4.50. The summed E-state index contributed by atoms with van der Waals surface area (Å²) in [6.07, 6.45) is 3.74. The molecule has 0 aliphatic carbocycles. The molecular weight excluding hydrogens is 248 g/mol. The summed E-state index contributed by atoms with van der Waals surface area (Å²) < 4.78 is 5.60. The first-order valence-corrected chi connectivity index (χ1v) is 8.00. The third-order valence-corrected chi connectivity index (χ3v) is 4.01. The van der Waals surface area contributed by atoms with E-state index in [0.717, 1.165) is 37.9 Å². The van der Waals surface area contributed by atoms with E-state index < -0.39 is 0 Å². The van der Waals surface area contributed by atoms with E-state index in [1.807, 2.05) is 0 Å². The second-order valence-electron chi connectivity index (χ2n) is 5.55. The molecule has 3 heteroatoms. The number of ether oxygens (including phenoxy) is 1. The zero-order valence-corrected chi connectivity index (χ0v) is 12.9. The Morgan fingerprint density at radius 3 is 2.75 bits per heavy atom. The Morgan fingerprint density at radius 1 is 1.25 bits per heavy atom. The van der Waals surface area contributed by atoms with E-state index in [-0.39, 0.29) is 0 Å². The van der Waals surface area contributed by atoms with Crippen molar-refractivity contribution in [1.29, 1.82) is 0 Å². The topological polar surface area (TPSA) is 24.5 Å². The maximum atomic E-state index is 5.60. The number of benzene rings is 1. The molecule has 0 unspecified atom stereocenters. The molecule has 0 spiro atoms. The molecule has 0 saturated carbocycles. The van der Waals surface area contributed by atoms with Crippen molar-refractivity contribution in [2.75, 3.05) is 26.2 Å². The molecule has 1 aromatic rings. The normalized spacial score (nSPS) is 19.4. The third-order valence-electron chi connectivity index (χ3n) is 4.01. The molecular formula is C17H28N2O. The Kier molecular flexibility index (Phi) is 6.34. The van der Waals surface area contributed by atoms with Crippen molar-refractivity contribution in [3.8, 4) is 5.75 Å². The van der Waals surface area contributed by atoms with Crippen LogP contribution in [0.4, 0.5) is 0 Å². The van der Waals surface area contributed by atoms with Crippen LogP contribution in [0.5, 0.6) is 5.75 Å². The zero-order valence-electron chi connectivity index (χ0n) is 12.9. The summed E-state index contributed by atoms with van der Waals surface area (Å²) in [6, 6.07) is 9.18. The van der Waals surface area contributed by atoms with Crippen LogP contribution in [-0.4, -0.2) is 37.2 Å². The Morgan fingerprint density at radius 2 is 2.05 bits per heavy atom. The minimum Gasteiger partial charge on any atom is -0.494 e. The molecule has 0 radical (unpaired) electrons. The minimum atomic E-state index is 0.729. The lowest BCUT2D eigenvalue weighted by Crippen LogP contribution is -2.37. The first-order valence-electron chi connectivity index (χ1n) is 8.00. The van der Waals surface area contributed by atoms with Crippen LogP contribution in [0.25, 0.3) is 0 Å². The van der Waals surface area contributed by atoms with E-state index in [9.17, 15) is 0 Å². The highest BCUT2D eigenvalue weighted by Crippen LogP contribution is 2.16. The number of nitrogens with one attached hydrogen (secondary N) is 1. The van der Waals surface area contributed by atoms with Crippen molar-refractivity contribution >= 4 is 0 Å². The van der Waals surface area contributed by atoms with Crippen molar-refractivity contribution in [1.82, 2.24) is 10.2 Å². The highest BCUT2D eigenvalue weighted by molar-refractivity contribution is 5.27. The monoisotopic (exact) mass is 276 g/mol. The molecule has 1 saturated heterocycles. The van der Waals surface area contributed by atoms with Crippen LogP contribution in [0.1, 0.15) is 38.7 Å². The van der Waals surface area contributed by atoms with Crippen LogP contribution in [-0.2, 0) is 6.54 Å². The second kappa shape index (κ2) is 8.28. The van der Waals surface area contributed by atoms with Gasteiger partial charge in [0, 0.05) is 19.1 Å². The number of likely N-dealkylation sites (N-methyl/N-ethyl adjacent to an activating group) is 1. The van der Waals surface area contributed by atoms with Gasteiger partial charge in [0.15, 0.2) is 0 Å². The Balaban J connectivity index is 1.71. The lowest BCUT2D eigenvalue weighted by molar-refractivity contribution is 0.260. The summed E-state index contributed by atoms with van der Waals surface area (Å²) in [5, 5.41) is 3.59. The van der Waals surface area contributed by atoms with E-state index in [4.69, 9.17) is 4.74 Å². The van der Waals surface area contributed by atoms with E-state index in [2.05, 4.69) is 48.3 Å². The first-order chi connectivity index (χ1) is 9.83.